The van der Waals surface area contributed by atoms with Crippen LogP contribution in [0, 0.1) is 13.8 Å². The van der Waals surface area contributed by atoms with Gasteiger partial charge in [-0.05, 0) is 24.0 Å². The third kappa shape index (κ3) is 18.4. The van der Waals surface area contributed by atoms with E-state index in [-0.39, 0.29) is 96.8 Å². The summed E-state index contributed by atoms with van der Waals surface area (Å²) in [6.45, 7) is 9.52. The fraction of sp³-hybridized carbons (Fsp3) is 0.300. The predicted octanol–water partition coefficient (Wildman–Crippen LogP) is -0.897. The molecule has 0 saturated carbocycles. The Labute approximate surface area is 244 Å². The Morgan fingerprint density at radius 3 is 1.25 bits per heavy atom. The Bertz CT molecular complexity index is 530. The maximum Gasteiger partial charge on any atom is 2.00 e. The molecule has 0 aliphatic carbocycles. The van der Waals surface area contributed by atoms with E-state index in [9.17, 15) is 0 Å². The van der Waals surface area contributed by atoms with Crippen LogP contribution >= 0.6 is 23.2 Å². The van der Waals surface area contributed by atoms with Gasteiger partial charge < -0.3 is 32.4 Å². The zero-order chi connectivity index (χ0) is 16.9. The van der Waals surface area contributed by atoms with Crippen molar-refractivity contribution in [2.24, 2.45) is 0 Å². The minimum Gasteiger partial charge on any atom is -1.00 e. The molecule has 146 valence electrons. The van der Waals surface area contributed by atoms with Gasteiger partial charge in [-0.2, -0.15) is 0 Å². The van der Waals surface area contributed by atoms with Crippen LogP contribution in [0.1, 0.15) is 37.9 Å². The Balaban J connectivity index is -0.0000000489. The van der Waals surface area contributed by atoms with E-state index in [0.717, 1.165) is 35.5 Å². The van der Waals surface area contributed by atoms with Gasteiger partial charge in [0.1, 0.15) is 0 Å². The van der Waals surface area contributed by atoms with E-state index >= 15 is 0 Å². The number of hydrogen-bond acceptors (Lipinski definition) is 1. The van der Waals surface area contributed by atoms with Gasteiger partial charge in [0.15, 0.2) is 0 Å². The summed E-state index contributed by atoms with van der Waals surface area (Å²) in [6.07, 6.45) is 2.56. The molecular formula is C20H26Cl4Mg3O. The van der Waals surface area contributed by atoms with E-state index in [1.54, 1.807) is 0 Å². The third-order valence-electron chi connectivity index (χ3n) is 3.35. The minimum atomic E-state index is 0. The second-order valence-corrected chi connectivity index (χ2v) is 5.66. The van der Waals surface area contributed by atoms with Gasteiger partial charge in [-0.15, -0.1) is 35.3 Å². The van der Waals surface area contributed by atoms with E-state index in [1.165, 1.54) is 12.8 Å². The second-order valence-electron chi connectivity index (χ2n) is 5.12. The van der Waals surface area contributed by atoms with Crippen LogP contribution in [0.5, 0.6) is 0 Å². The van der Waals surface area contributed by atoms with Gasteiger partial charge in [0.05, 0.1) is 0 Å². The standard InChI is InChI=1S/C8H8Cl2.C8H8.C4H8O.2ClH.3Mg.2H/c9-5-7-3-1-2-4-8(7)6-10;1-7-5-3-4-6-8(7)2;1-2-4-5-3-1;;;;;;;/h1-4H,5-6H2;3-6H,1-2H2;1-4H2;2*1H;;;;;/q;-2;;;;3*+2;2*-1/p-2. The fourth-order valence-electron chi connectivity index (χ4n) is 1.89. The molecule has 1 fully saturated rings. The first-order valence-corrected chi connectivity index (χ1v) is 8.75. The Morgan fingerprint density at radius 2 is 1.04 bits per heavy atom. The zero-order valence-corrected chi connectivity index (χ0v) is 23.6. The summed E-state index contributed by atoms with van der Waals surface area (Å²) < 4.78 is 4.94. The third-order valence-corrected chi connectivity index (χ3v) is 3.93. The average Bonchev–Trinajstić information content (AvgIpc) is 3.18. The molecular weight excluding hydrogens is 471 g/mol. The van der Waals surface area contributed by atoms with Gasteiger partial charge in [0.2, 0.25) is 0 Å². The topological polar surface area (TPSA) is 9.23 Å². The quantitative estimate of drug-likeness (QED) is 0.297. The molecule has 8 heteroatoms. The van der Waals surface area contributed by atoms with Gasteiger partial charge in [-0.1, -0.05) is 24.3 Å². The molecule has 0 spiro atoms. The number of benzene rings is 2. The van der Waals surface area contributed by atoms with Crippen molar-refractivity contribution in [3.63, 3.8) is 0 Å². The van der Waals surface area contributed by atoms with Crippen molar-refractivity contribution in [1.29, 1.82) is 0 Å². The Hall–Kier alpha value is 1.60. The van der Waals surface area contributed by atoms with Crippen LogP contribution in [-0.2, 0) is 16.5 Å². The van der Waals surface area contributed by atoms with Crippen molar-refractivity contribution < 1.29 is 32.4 Å². The summed E-state index contributed by atoms with van der Waals surface area (Å²) in [6, 6.07) is 15.7. The number of alkyl halides is 2. The summed E-state index contributed by atoms with van der Waals surface area (Å²) in [4.78, 5) is 0. The van der Waals surface area contributed by atoms with Crippen LogP contribution in [0.3, 0.4) is 0 Å². The van der Waals surface area contributed by atoms with Crippen molar-refractivity contribution >= 4 is 92.4 Å². The molecule has 0 radical (unpaired) electrons. The van der Waals surface area contributed by atoms with Gasteiger partial charge in [0, 0.05) is 25.0 Å². The molecule has 1 heterocycles. The number of rotatable bonds is 2. The van der Waals surface area contributed by atoms with Gasteiger partial charge in [-0.25, -0.2) is 12.1 Å². The van der Waals surface area contributed by atoms with Gasteiger partial charge >= 0.3 is 69.2 Å². The van der Waals surface area contributed by atoms with Crippen molar-refractivity contribution in [2.75, 3.05) is 13.2 Å². The van der Waals surface area contributed by atoms with Crippen molar-refractivity contribution in [3.8, 4) is 0 Å². The van der Waals surface area contributed by atoms with E-state index in [1.807, 2.05) is 48.5 Å². The zero-order valence-electron chi connectivity index (χ0n) is 18.3. The number of hydrogen-bond donors (Lipinski definition) is 0. The van der Waals surface area contributed by atoms with Gasteiger partial charge in [-0.3, -0.25) is 25.0 Å². The van der Waals surface area contributed by atoms with E-state index in [0.29, 0.717) is 11.8 Å². The van der Waals surface area contributed by atoms with Crippen molar-refractivity contribution in [1.82, 2.24) is 0 Å². The first-order chi connectivity index (χ1) is 11.2. The summed E-state index contributed by atoms with van der Waals surface area (Å²) in [5.74, 6) is 1.09. The van der Waals surface area contributed by atoms with Crippen LogP contribution in [-0.4, -0.2) is 82.4 Å². The molecule has 1 nitrogen and oxygen atoms in total. The minimum absolute atomic E-state index is 0. The largest absolute Gasteiger partial charge is 2.00 e. The van der Waals surface area contributed by atoms with Gasteiger partial charge in [0.25, 0.3) is 0 Å². The van der Waals surface area contributed by atoms with E-state index in [2.05, 4.69) is 13.8 Å². The van der Waals surface area contributed by atoms with Crippen LogP contribution < -0.4 is 24.8 Å². The maximum absolute atomic E-state index is 5.65. The second kappa shape index (κ2) is 26.6. The molecule has 0 atom stereocenters. The fourth-order valence-corrected chi connectivity index (χ4v) is 2.41. The molecule has 0 bridgehead atoms. The van der Waals surface area contributed by atoms with Crippen molar-refractivity contribution in [3.05, 3.63) is 84.6 Å². The molecule has 0 aromatic heterocycles. The molecule has 2 aromatic rings. The predicted molar refractivity (Wildman–Crippen MR) is 120 cm³/mol. The monoisotopic (exact) mass is 494 g/mol. The van der Waals surface area contributed by atoms with Crippen LogP contribution in [0.4, 0.5) is 0 Å². The first kappa shape index (κ1) is 40.0. The molecule has 0 N–H and O–H groups in total. The first-order valence-electron chi connectivity index (χ1n) is 7.68. The van der Waals surface area contributed by atoms with E-state index < -0.39 is 0 Å². The molecule has 28 heavy (non-hydrogen) atoms. The smallest absolute Gasteiger partial charge is 1.00 e. The molecule has 3 rings (SSSR count). The van der Waals surface area contributed by atoms with E-state index in [4.69, 9.17) is 27.9 Å². The Kier molecular flexibility index (Phi) is 38.1. The SMILES string of the molecule is C1CCOC1.ClCc1ccccc1CCl.[CH2-]c1ccccc1[CH2-].[Cl-].[Cl-].[H-].[H-].[Mg+2].[Mg+2].[Mg+2]. The molecule has 1 aliphatic rings. The summed E-state index contributed by atoms with van der Waals surface area (Å²) in [5, 5.41) is 0. The number of halogens is 4. The molecule has 0 unspecified atom stereocenters. The molecule has 0 amide bonds. The van der Waals surface area contributed by atoms with Crippen molar-refractivity contribution in [2.45, 2.75) is 24.6 Å². The van der Waals surface area contributed by atoms with Crippen LogP contribution in [0.25, 0.3) is 0 Å². The maximum atomic E-state index is 5.65. The summed E-state index contributed by atoms with van der Waals surface area (Å²) in [5.41, 5.74) is 4.26. The summed E-state index contributed by atoms with van der Waals surface area (Å²) >= 11 is 11.3. The molecule has 1 aliphatic heterocycles. The molecule has 1 saturated heterocycles. The molecule has 2 aromatic carbocycles. The van der Waals surface area contributed by atoms with Crippen LogP contribution in [0.15, 0.2) is 48.5 Å². The summed E-state index contributed by atoms with van der Waals surface area (Å²) in [7, 11) is 0. The normalized spacial score (nSPS) is 10.4. The average molecular weight is 497 g/mol. The Morgan fingerprint density at radius 1 is 0.714 bits per heavy atom. The number of ether oxygens (including phenoxy) is 1. The van der Waals surface area contributed by atoms with Crippen LogP contribution in [0.2, 0.25) is 0 Å².